The molecule has 190 valence electrons. The molecule has 0 aliphatic heterocycles. The van der Waals surface area contributed by atoms with Crippen LogP contribution in [0.5, 0.6) is 0 Å². The number of aliphatic hydroxyl groups is 1. The summed E-state index contributed by atoms with van der Waals surface area (Å²) in [7, 11) is 0. The number of carbonyl (C=O) groups is 5. The maximum Gasteiger partial charge on any atom is 0.326 e. The Bertz CT molecular complexity index is 833. The largest absolute Gasteiger partial charge is 0.480 e. The first-order chi connectivity index (χ1) is 16.1. The zero-order chi connectivity index (χ0) is 25.7. The van der Waals surface area contributed by atoms with Crippen molar-refractivity contribution in [2.24, 2.45) is 17.2 Å². The fraction of sp³-hybridized carbons (Fsp3) is 0.579. The Labute approximate surface area is 195 Å². The van der Waals surface area contributed by atoms with Crippen molar-refractivity contribution in [2.45, 2.75) is 56.3 Å². The maximum atomic E-state index is 13.0. The first-order valence-corrected chi connectivity index (χ1v) is 10.5. The van der Waals surface area contributed by atoms with Crippen molar-refractivity contribution in [1.29, 1.82) is 0 Å². The number of aliphatic carboxylic acids is 1. The van der Waals surface area contributed by atoms with Gasteiger partial charge >= 0.3 is 5.97 Å². The number of H-pyrrole nitrogens is 1. The number of nitrogens with one attached hydrogen (secondary N) is 4. The van der Waals surface area contributed by atoms with Crippen molar-refractivity contribution in [2.75, 3.05) is 13.2 Å². The third-order valence-corrected chi connectivity index (χ3v) is 4.75. The van der Waals surface area contributed by atoms with Gasteiger partial charge in [0.15, 0.2) is 0 Å². The molecule has 0 aliphatic carbocycles. The number of hydrogen-bond donors (Lipinski definition) is 9. The number of imidazole rings is 1. The molecular formula is C19H32N8O7. The minimum Gasteiger partial charge on any atom is -0.480 e. The first kappa shape index (κ1) is 28.5. The van der Waals surface area contributed by atoms with Crippen LogP contribution < -0.4 is 33.2 Å². The number of rotatable bonds is 16. The molecule has 0 saturated heterocycles. The quantitative estimate of drug-likeness (QED) is 0.102. The highest BCUT2D eigenvalue weighted by molar-refractivity contribution is 5.95. The molecule has 12 N–H and O–H groups in total. The van der Waals surface area contributed by atoms with Crippen LogP contribution in [0, 0.1) is 0 Å². The third kappa shape index (κ3) is 9.93. The molecule has 1 heterocycles. The Kier molecular flexibility index (Phi) is 12.2. The van der Waals surface area contributed by atoms with Crippen LogP contribution in [-0.4, -0.2) is 87.1 Å². The smallest absolute Gasteiger partial charge is 0.326 e. The Hall–Kier alpha value is -3.56. The zero-order valence-electron chi connectivity index (χ0n) is 18.5. The van der Waals surface area contributed by atoms with Gasteiger partial charge in [0.1, 0.15) is 24.2 Å². The van der Waals surface area contributed by atoms with Gasteiger partial charge in [-0.15, -0.1) is 0 Å². The Morgan fingerprint density at radius 1 is 1.00 bits per heavy atom. The lowest BCUT2D eigenvalue weighted by molar-refractivity contribution is -0.143. The first-order valence-electron chi connectivity index (χ1n) is 10.5. The van der Waals surface area contributed by atoms with E-state index in [2.05, 4.69) is 25.9 Å². The summed E-state index contributed by atoms with van der Waals surface area (Å²) in [5, 5.41) is 25.4. The molecule has 15 nitrogen and oxygen atoms in total. The van der Waals surface area contributed by atoms with Crippen LogP contribution in [-0.2, 0) is 30.4 Å². The van der Waals surface area contributed by atoms with E-state index in [0.29, 0.717) is 25.1 Å². The summed E-state index contributed by atoms with van der Waals surface area (Å²) in [4.78, 5) is 67.0. The van der Waals surface area contributed by atoms with Gasteiger partial charge in [-0.2, -0.15) is 0 Å². The van der Waals surface area contributed by atoms with E-state index in [0.717, 1.165) is 0 Å². The predicted molar refractivity (Wildman–Crippen MR) is 117 cm³/mol. The van der Waals surface area contributed by atoms with Gasteiger partial charge in [-0.05, 0) is 25.8 Å². The van der Waals surface area contributed by atoms with Crippen molar-refractivity contribution in [3.63, 3.8) is 0 Å². The Morgan fingerprint density at radius 2 is 1.62 bits per heavy atom. The number of aliphatic hydroxyl groups excluding tert-OH is 1. The number of hydrogen-bond acceptors (Lipinski definition) is 9. The van der Waals surface area contributed by atoms with Gasteiger partial charge in [0.05, 0.1) is 19.4 Å². The van der Waals surface area contributed by atoms with E-state index >= 15 is 0 Å². The number of aromatic nitrogens is 2. The number of carboxylic acid groups (broad SMARTS) is 1. The topological polar surface area (TPSA) is 269 Å². The number of aromatic amines is 1. The fourth-order valence-corrected chi connectivity index (χ4v) is 2.89. The fourth-order valence-electron chi connectivity index (χ4n) is 2.89. The van der Waals surface area contributed by atoms with Gasteiger partial charge in [0, 0.05) is 18.3 Å². The lowest BCUT2D eigenvalue weighted by Crippen LogP contribution is -2.58. The SMILES string of the molecule is NCCCCC(NC(=O)C(N)CO)C(=O)NC(Cc1cnc[nH]1)C(=O)NC(CC(N)=O)C(=O)O. The molecule has 1 aromatic heterocycles. The van der Waals surface area contributed by atoms with Crippen molar-refractivity contribution < 1.29 is 34.2 Å². The molecular weight excluding hydrogens is 452 g/mol. The molecule has 1 rings (SSSR count). The molecule has 0 aromatic carbocycles. The van der Waals surface area contributed by atoms with Crippen LogP contribution in [0.25, 0.3) is 0 Å². The van der Waals surface area contributed by atoms with Crippen LogP contribution in [0.2, 0.25) is 0 Å². The molecule has 0 spiro atoms. The third-order valence-electron chi connectivity index (χ3n) is 4.75. The van der Waals surface area contributed by atoms with Gasteiger partial charge < -0.3 is 48.3 Å². The molecule has 0 bridgehead atoms. The van der Waals surface area contributed by atoms with Crippen molar-refractivity contribution >= 4 is 29.6 Å². The summed E-state index contributed by atoms with van der Waals surface area (Å²) in [6.07, 6.45) is 3.22. The van der Waals surface area contributed by atoms with Crippen LogP contribution >= 0.6 is 0 Å². The van der Waals surface area contributed by atoms with E-state index < -0.39 is 66.8 Å². The normalized spacial score (nSPS) is 14.3. The number of nitrogens with zero attached hydrogens (tertiary/aromatic N) is 1. The minimum absolute atomic E-state index is 0.0971. The lowest BCUT2D eigenvalue weighted by Gasteiger charge is -2.24. The van der Waals surface area contributed by atoms with Crippen molar-refractivity contribution in [1.82, 2.24) is 25.9 Å². The van der Waals surface area contributed by atoms with E-state index in [1.807, 2.05) is 0 Å². The van der Waals surface area contributed by atoms with E-state index in [9.17, 15) is 29.1 Å². The molecule has 4 unspecified atom stereocenters. The molecule has 15 heteroatoms. The predicted octanol–water partition coefficient (Wildman–Crippen LogP) is -4.18. The Morgan fingerprint density at radius 3 is 2.15 bits per heavy atom. The number of carbonyl (C=O) groups excluding carboxylic acids is 4. The van der Waals surface area contributed by atoms with Crippen molar-refractivity contribution in [3.8, 4) is 0 Å². The van der Waals surface area contributed by atoms with Crippen LogP contribution in [0.1, 0.15) is 31.4 Å². The number of primary amides is 1. The van der Waals surface area contributed by atoms with Gasteiger partial charge in [-0.1, -0.05) is 0 Å². The van der Waals surface area contributed by atoms with Gasteiger partial charge in [0.2, 0.25) is 23.6 Å². The van der Waals surface area contributed by atoms with Gasteiger partial charge in [0.25, 0.3) is 0 Å². The van der Waals surface area contributed by atoms with Crippen molar-refractivity contribution in [3.05, 3.63) is 18.2 Å². The number of amides is 4. The number of carboxylic acids is 1. The highest BCUT2D eigenvalue weighted by atomic mass is 16.4. The maximum absolute atomic E-state index is 13.0. The Balaban J connectivity index is 3.05. The van der Waals surface area contributed by atoms with E-state index in [4.69, 9.17) is 22.3 Å². The second-order valence-corrected chi connectivity index (χ2v) is 7.55. The second-order valence-electron chi connectivity index (χ2n) is 7.55. The van der Waals surface area contributed by atoms with Gasteiger partial charge in [-0.3, -0.25) is 19.2 Å². The summed E-state index contributed by atoms with van der Waals surface area (Å²) in [6.45, 7) is -0.274. The molecule has 0 fully saturated rings. The number of nitrogens with two attached hydrogens (primary N) is 3. The summed E-state index contributed by atoms with van der Waals surface area (Å²) >= 11 is 0. The average molecular weight is 485 g/mol. The molecule has 4 amide bonds. The van der Waals surface area contributed by atoms with E-state index in [-0.39, 0.29) is 12.8 Å². The minimum atomic E-state index is -1.60. The molecule has 0 aliphatic rings. The van der Waals surface area contributed by atoms with E-state index in [1.165, 1.54) is 12.5 Å². The number of unbranched alkanes of at least 4 members (excludes halogenated alkanes) is 1. The summed E-state index contributed by atoms with van der Waals surface area (Å²) < 4.78 is 0. The summed E-state index contributed by atoms with van der Waals surface area (Å²) in [6, 6.07) is -5.24. The highest BCUT2D eigenvalue weighted by Gasteiger charge is 2.31. The van der Waals surface area contributed by atoms with Crippen LogP contribution in [0.3, 0.4) is 0 Å². The van der Waals surface area contributed by atoms with Crippen LogP contribution in [0.15, 0.2) is 12.5 Å². The second kappa shape index (κ2) is 14.6. The molecule has 0 saturated carbocycles. The molecule has 34 heavy (non-hydrogen) atoms. The zero-order valence-corrected chi connectivity index (χ0v) is 18.5. The van der Waals surface area contributed by atoms with E-state index in [1.54, 1.807) is 0 Å². The van der Waals surface area contributed by atoms with Crippen LogP contribution in [0.4, 0.5) is 0 Å². The molecule has 0 radical (unpaired) electrons. The molecule has 1 aromatic rings. The monoisotopic (exact) mass is 484 g/mol. The summed E-state index contributed by atoms with van der Waals surface area (Å²) in [5.41, 5.74) is 16.5. The molecule has 4 atom stereocenters. The average Bonchev–Trinajstić information content (AvgIpc) is 3.29. The van der Waals surface area contributed by atoms with Gasteiger partial charge in [-0.25, -0.2) is 9.78 Å². The summed E-state index contributed by atoms with van der Waals surface area (Å²) in [5.74, 6) is -4.82. The standard InChI is InChI=1S/C19H32N8O7/c20-4-2-1-3-12(25-16(30)11(21)8-28)17(31)26-13(5-10-7-23-9-24-10)18(32)27-14(19(33)34)6-15(22)29/h7,9,11-14,28H,1-6,8,20-21H2,(H2,22,29)(H,23,24)(H,25,30)(H,26,31)(H,27,32)(H,33,34). The lowest BCUT2D eigenvalue weighted by atomic mass is 10.1. The highest BCUT2D eigenvalue weighted by Crippen LogP contribution is 2.06.